The van der Waals surface area contributed by atoms with E-state index in [0.29, 0.717) is 55.1 Å². The van der Waals surface area contributed by atoms with Crippen LogP contribution in [0.25, 0.3) is 22.1 Å². The molecule has 0 saturated heterocycles. The number of aliphatic hydroxyl groups excluding tert-OH is 1. The first-order valence-corrected chi connectivity index (χ1v) is 13.0. The molecule has 16 heteroatoms. The van der Waals surface area contributed by atoms with Crippen molar-refractivity contribution >= 4 is 56.9 Å². The quantitative estimate of drug-likeness (QED) is 0.222. The summed E-state index contributed by atoms with van der Waals surface area (Å²) in [4.78, 5) is 40.4. The van der Waals surface area contributed by atoms with Crippen LogP contribution in [-0.2, 0) is 13.2 Å². The zero-order chi connectivity index (χ0) is 29.2. The number of pyridine rings is 2. The van der Waals surface area contributed by atoms with Crippen LogP contribution in [0, 0.1) is 13.8 Å². The third-order valence-electron chi connectivity index (χ3n) is 4.96. The third-order valence-corrected chi connectivity index (χ3v) is 5.69. The fourth-order valence-corrected chi connectivity index (χ4v) is 3.69. The normalized spacial score (nSPS) is 10.1. The predicted molar refractivity (Wildman–Crippen MR) is 155 cm³/mol. The molecule has 0 aliphatic carbocycles. The average molecular weight is 636 g/mol. The first-order valence-electron chi connectivity index (χ1n) is 11.8. The van der Waals surface area contributed by atoms with E-state index in [-0.39, 0.29) is 44.2 Å². The van der Waals surface area contributed by atoms with E-state index in [2.05, 4.69) is 49.8 Å². The molecule has 6 heterocycles. The summed E-state index contributed by atoms with van der Waals surface area (Å²) in [5.74, 6) is 1.47. The van der Waals surface area contributed by atoms with E-state index in [4.69, 9.17) is 44.6 Å². The number of aromatic nitrogens is 10. The van der Waals surface area contributed by atoms with Crippen LogP contribution in [0.4, 0.5) is 0 Å². The molecule has 0 fully saturated rings. The second-order valence-electron chi connectivity index (χ2n) is 8.02. The Morgan fingerprint density at radius 2 is 1.19 bits per heavy atom. The largest absolute Gasteiger partial charge is 1.00 e. The Kier molecular flexibility index (Phi) is 13.0. The van der Waals surface area contributed by atoms with Gasteiger partial charge in [-0.15, -0.1) is 0 Å². The molecule has 0 aromatic carbocycles. The summed E-state index contributed by atoms with van der Waals surface area (Å²) in [6.07, 6.45) is 9.41. The zero-order valence-corrected chi connectivity index (χ0v) is 26.9. The van der Waals surface area contributed by atoms with Crippen LogP contribution in [0.3, 0.4) is 0 Å². The molecular weight excluding hydrogens is 614 g/mol. The van der Waals surface area contributed by atoms with Gasteiger partial charge in [0.2, 0.25) is 5.88 Å². The van der Waals surface area contributed by atoms with Gasteiger partial charge in [-0.25, -0.2) is 49.8 Å². The second-order valence-corrected chi connectivity index (χ2v) is 9.12. The second kappa shape index (κ2) is 16.4. The number of hydrogen-bond donors (Lipinski definition) is 1. The number of halogens is 3. The smallest absolute Gasteiger partial charge is 1.00 e. The molecule has 42 heavy (non-hydrogen) atoms. The maximum absolute atomic E-state index is 8.54. The fraction of sp³-hybridized carbons (Fsp3) is 0.154. The van der Waals surface area contributed by atoms with E-state index in [1.54, 1.807) is 43.0 Å². The Bertz CT molecular complexity index is 1790. The van der Waals surface area contributed by atoms with Gasteiger partial charge in [0.1, 0.15) is 29.4 Å². The van der Waals surface area contributed by atoms with Gasteiger partial charge in [0.25, 0.3) is 0 Å². The van der Waals surface area contributed by atoms with Crippen molar-refractivity contribution < 1.29 is 40.8 Å². The minimum absolute atomic E-state index is 0. The van der Waals surface area contributed by atoms with Crippen molar-refractivity contribution in [2.45, 2.75) is 27.1 Å². The molecule has 1 N–H and O–H groups in total. The maximum Gasteiger partial charge on any atom is 1.00 e. The maximum atomic E-state index is 8.54. The molecule has 0 atom stereocenters. The third kappa shape index (κ3) is 9.66. The van der Waals surface area contributed by atoms with Crippen LogP contribution in [0.2, 0.25) is 15.5 Å². The topological polar surface area (TPSA) is 158 Å². The van der Waals surface area contributed by atoms with Crippen LogP contribution in [0.1, 0.15) is 24.5 Å². The van der Waals surface area contributed by atoms with E-state index in [0.717, 1.165) is 11.4 Å². The summed E-state index contributed by atoms with van der Waals surface area (Å²) in [7, 11) is 0. The first-order chi connectivity index (χ1) is 19.8. The van der Waals surface area contributed by atoms with E-state index >= 15 is 0 Å². The molecule has 0 aliphatic rings. The summed E-state index contributed by atoms with van der Waals surface area (Å²) < 4.78 is 5.53. The van der Waals surface area contributed by atoms with E-state index in [1.807, 2.05) is 19.9 Å². The minimum atomic E-state index is -0.0817. The molecule has 6 aromatic heterocycles. The molecule has 0 unspecified atom stereocenters. The minimum Gasteiger partial charge on any atom is -1.00 e. The summed E-state index contributed by atoms with van der Waals surface area (Å²) in [6, 6.07) is 7.05. The first kappa shape index (κ1) is 33.3. The van der Waals surface area contributed by atoms with E-state index in [1.165, 1.54) is 12.4 Å². The molecule has 0 aliphatic heterocycles. The van der Waals surface area contributed by atoms with Gasteiger partial charge in [-0.3, -0.25) is 0 Å². The number of hydrogen-bond acceptors (Lipinski definition) is 12. The molecule has 0 bridgehead atoms. The number of nitrogens with zero attached hydrogens (tertiary/aromatic N) is 10. The number of fused-ring (bicyclic) bond motifs is 2. The average Bonchev–Trinajstić information content (AvgIpc) is 2.97. The zero-order valence-electron chi connectivity index (χ0n) is 23.6. The van der Waals surface area contributed by atoms with Gasteiger partial charge in [-0.05, 0) is 38.1 Å². The Labute approximate surface area is 278 Å². The Hall–Kier alpha value is -3.23. The molecule has 0 spiro atoms. The molecule has 12 nitrogen and oxygen atoms in total. The van der Waals surface area contributed by atoms with Crippen molar-refractivity contribution in [3.63, 3.8) is 0 Å². The number of ether oxygens (including phenoxy) is 1. The number of aliphatic hydroxyl groups is 1. The Morgan fingerprint density at radius 3 is 1.76 bits per heavy atom. The van der Waals surface area contributed by atoms with Gasteiger partial charge in [0.05, 0.1) is 23.4 Å². The Morgan fingerprint density at radius 1 is 0.667 bits per heavy atom. The Balaban J connectivity index is 0.000000241. The number of rotatable bonds is 4. The van der Waals surface area contributed by atoms with Gasteiger partial charge in [-0.1, -0.05) is 34.8 Å². The van der Waals surface area contributed by atoms with Gasteiger partial charge >= 0.3 is 29.6 Å². The van der Waals surface area contributed by atoms with Crippen LogP contribution in [0.15, 0.2) is 61.4 Å². The summed E-state index contributed by atoms with van der Waals surface area (Å²) in [5.41, 5.74) is 4.18. The van der Waals surface area contributed by atoms with Gasteiger partial charge in [-0.2, -0.15) is 0 Å². The standard InChI is InChI=1S/C13H10ClN5O.C7H3Cl2N3.C6H8N2O.Na.H/c1-8-2-4-15-10(18-8)7-20-11-6-17-12-9(19-11)3-5-16-13(12)14;8-5-3-11-6-4(12-5)1-2-10-7(6)9;1-5-2-3-7-6(4-9)8-5;;/h2-6H,7H2,1H3;1-3H;2-3,9H,4H2,1H3;;/q;;;+1;-1. The van der Waals surface area contributed by atoms with Crippen LogP contribution in [0.5, 0.6) is 5.88 Å². The van der Waals surface area contributed by atoms with Crippen molar-refractivity contribution in [1.82, 2.24) is 49.8 Å². The molecule has 6 aromatic rings. The van der Waals surface area contributed by atoms with Crippen molar-refractivity contribution in [3.05, 3.63) is 99.9 Å². The molecule has 210 valence electrons. The summed E-state index contributed by atoms with van der Waals surface area (Å²) >= 11 is 17.3. The summed E-state index contributed by atoms with van der Waals surface area (Å²) in [5, 5.41) is 9.56. The van der Waals surface area contributed by atoms with E-state index < -0.39 is 0 Å². The van der Waals surface area contributed by atoms with Gasteiger partial charge < -0.3 is 11.3 Å². The molecule has 6 rings (SSSR count). The number of aryl methyl sites for hydroxylation is 2. The van der Waals surface area contributed by atoms with Gasteiger partial charge in [0, 0.05) is 36.2 Å². The van der Waals surface area contributed by atoms with Gasteiger partial charge in [0.15, 0.2) is 22.0 Å². The molecular formula is C26H22Cl3N10NaO2. The van der Waals surface area contributed by atoms with Crippen LogP contribution in [-0.4, -0.2) is 54.9 Å². The van der Waals surface area contributed by atoms with E-state index in [9.17, 15) is 0 Å². The van der Waals surface area contributed by atoms with Crippen molar-refractivity contribution in [2.24, 2.45) is 0 Å². The summed E-state index contributed by atoms with van der Waals surface area (Å²) in [6.45, 7) is 3.92. The molecule has 0 saturated carbocycles. The monoisotopic (exact) mass is 634 g/mol. The van der Waals surface area contributed by atoms with Crippen molar-refractivity contribution in [1.29, 1.82) is 0 Å². The van der Waals surface area contributed by atoms with Crippen molar-refractivity contribution in [3.8, 4) is 5.88 Å². The SMILES string of the molecule is Cc1ccnc(CO)n1.Cc1ccnc(COc2cnc3c(Cl)nccc3n2)n1.Clc1cnc2c(Cl)nccc2n1.[H-].[Na+]. The molecule has 0 radical (unpaired) electrons. The van der Waals surface area contributed by atoms with Crippen LogP contribution < -0.4 is 34.3 Å². The fourth-order valence-electron chi connectivity index (χ4n) is 3.14. The van der Waals surface area contributed by atoms with Crippen molar-refractivity contribution in [2.75, 3.05) is 0 Å². The van der Waals surface area contributed by atoms with Crippen LogP contribution >= 0.6 is 34.8 Å². The predicted octanol–water partition coefficient (Wildman–Crippen LogP) is 2.08. The molecule has 0 amide bonds.